The molecular weight excluding hydrogens is 513 g/mol. The van der Waals surface area contributed by atoms with E-state index in [9.17, 15) is 4.79 Å². The minimum absolute atomic E-state index is 0. The number of carbonyl (C=O) groups is 1. The van der Waals surface area contributed by atoms with E-state index in [1.54, 1.807) is 0 Å². The lowest BCUT2D eigenvalue weighted by atomic mass is 10.2. The summed E-state index contributed by atoms with van der Waals surface area (Å²) in [6.45, 7) is 6.96. The number of hydrogen-bond donors (Lipinski definition) is 3. The molecule has 0 saturated carbocycles. The predicted octanol–water partition coefficient (Wildman–Crippen LogP) is 4.37. The Kier molecular flexibility index (Phi) is 11.0. The summed E-state index contributed by atoms with van der Waals surface area (Å²) in [7, 11) is 1.81. The number of hydrogen-bond acceptors (Lipinski definition) is 3. The second-order valence-corrected chi connectivity index (χ2v) is 8.26. The Balaban J connectivity index is 0.00000363. The number of anilines is 1. The molecule has 0 aliphatic carbocycles. The van der Waals surface area contributed by atoms with Gasteiger partial charge in [0, 0.05) is 50.9 Å². The van der Waals surface area contributed by atoms with Gasteiger partial charge < -0.3 is 16.0 Å². The molecule has 1 fully saturated rings. The molecule has 2 unspecified atom stereocenters. The van der Waals surface area contributed by atoms with Crippen LogP contribution in [0.5, 0.6) is 0 Å². The molecule has 7 heteroatoms. The molecule has 1 saturated heterocycles. The van der Waals surface area contributed by atoms with E-state index in [1.165, 1.54) is 5.56 Å². The van der Waals surface area contributed by atoms with Gasteiger partial charge in [-0.15, -0.1) is 24.0 Å². The van der Waals surface area contributed by atoms with Crippen LogP contribution in [-0.2, 0) is 17.9 Å². The average Bonchev–Trinajstić information content (AvgIpc) is 3.11. The van der Waals surface area contributed by atoms with Crippen LogP contribution >= 0.6 is 24.0 Å². The number of nitrogens with zero attached hydrogens (tertiary/aromatic N) is 2. The van der Waals surface area contributed by atoms with Crippen molar-refractivity contribution in [2.24, 2.45) is 4.99 Å². The van der Waals surface area contributed by atoms with Gasteiger partial charge in [-0.05, 0) is 43.0 Å². The summed E-state index contributed by atoms with van der Waals surface area (Å²) in [5.74, 6) is 0.879. The number of amides is 1. The fraction of sp³-hybridized carbons (Fsp3) is 0.440. The zero-order valence-electron chi connectivity index (χ0n) is 19.3. The molecule has 174 valence electrons. The molecule has 1 amide bonds. The lowest BCUT2D eigenvalue weighted by Gasteiger charge is -2.21. The number of nitrogens with one attached hydrogen (secondary N) is 3. The van der Waals surface area contributed by atoms with Crippen molar-refractivity contribution in [3.05, 3.63) is 65.7 Å². The maximum Gasteiger partial charge on any atom is 0.224 e. The van der Waals surface area contributed by atoms with Crippen LogP contribution in [-0.4, -0.2) is 42.4 Å². The molecule has 32 heavy (non-hydrogen) atoms. The number of halogens is 1. The zero-order chi connectivity index (χ0) is 22.1. The SMILES string of the molecule is CCCC(=O)Nc1ccc(CNC(=NC)NC2CC(C)N(Cc3ccccc3)C2)cc1.I. The number of guanidine groups is 1. The summed E-state index contributed by atoms with van der Waals surface area (Å²) in [6.07, 6.45) is 2.50. The van der Waals surface area contributed by atoms with Crippen LogP contribution in [0, 0.1) is 0 Å². The maximum atomic E-state index is 11.7. The largest absolute Gasteiger partial charge is 0.352 e. The molecule has 6 nitrogen and oxygen atoms in total. The fourth-order valence-corrected chi connectivity index (χ4v) is 3.97. The molecular formula is C25H36IN5O. The highest BCUT2D eigenvalue weighted by Gasteiger charge is 2.29. The molecule has 3 N–H and O–H groups in total. The third kappa shape index (κ3) is 8.09. The number of carbonyl (C=O) groups excluding carboxylic acids is 1. The first-order chi connectivity index (χ1) is 15.1. The Morgan fingerprint density at radius 1 is 1.09 bits per heavy atom. The van der Waals surface area contributed by atoms with Crippen LogP contribution in [0.4, 0.5) is 5.69 Å². The maximum absolute atomic E-state index is 11.7. The van der Waals surface area contributed by atoms with Crippen LogP contribution < -0.4 is 16.0 Å². The van der Waals surface area contributed by atoms with Gasteiger partial charge in [-0.1, -0.05) is 49.4 Å². The summed E-state index contributed by atoms with van der Waals surface area (Å²) >= 11 is 0. The van der Waals surface area contributed by atoms with Crippen LogP contribution in [0.25, 0.3) is 0 Å². The third-order valence-corrected chi connectivity index (χ3v) is 5.67. The standard InChI is InChI=1S/C25H35N5O.HI/c1-4-8-24(31)28-22-13-11-20(12-14-22)16-27-25(26-3)29-23-15-19(2)30(18-23)17-21-9-6-5-7-10-21;/h5-7,9-14,19,23H,4,8,15-18H2,1-3H3,(H,28,31)(H2,26,27,29);1H. The first kappa shape index (κ1) is 26.1. The highest BCUT2D eigenvalue weighted by atomic mass is 127. The molecule has 2 aromatic carbocycles. The molecule has 0 bridgehead atoms. The van der Waals surface area contributed by atoms with Gasteiger partial charge in [0.25, 0.3) is 0 Å². The number of benzene rings is 2. The van der Waals surface area contributed by atoms with Gasteiger partial charge in [0.05, 0.1) is 0 Å². The number of rotatable bonds is 8. The van der Waals surface area contributed by atoms with E-state index < -0.39 is 0 Å². The van der Waals surface area contributed by atoms with Crippen molar-refractivity contribution in [3.8, 4) is 0 Å². The van der Waals surface area contributed by atoms with Gasteiger partial charge in [0.1, 0.15) is 0 Å². The number of likely N-dealkylation sites (tertiary alicyclic amines) is 1. The van der Waals surface area contributed by atoms with E-state index in [0.717, 1.165) is 43.1 Å². The van der Waals surface area contributed by atoms with Gasteiger partial charge in [-0.2, -0.15) is 0 Å². The molecule has 0 radical (unpaired) electrons. The lowest BCUT2D eigenvalue weighted by molar-refractivity contribution is -0.116. The first-order valence-corrected chi connectivity index (χ1v) is 11.2. The third-order valence-electron chi connectivity index (χ3n) is 5.67. The minimum atomic E-state index is 0. The summed E-state index contributed by atoms with van der Waals surface area (Å²) in [5.41, 5.74) is 3.33. The highest BCUT2D eigenvalue weighted by Crippen LogP contribution is 2.20. The van der Waals surface area contributed by atoms with Crippen molar-refractivity contribution >= 4 is 41.5 Å². The Labute approximate surface area is 209 Å². The van der Waals surface area contributed by atoms with Crippen LogP contribution in [0.15, 0.2) is 59.6 Å². The Morgan fingerprint density at radius 2 is 1.81 bits per heavy atom. The zero-order valence-corrected chi connectivity index (χ0v) is 21.6. The summed E-state index contributed by atoms with van der Waals surface area (Å²) in [6, 6.07) is 19.5. The van der Waals surface area contributed by atoms with E-state index in [4.69, 9.17) is 0 Å². The second kappa shape index (κ2) is 13.4. The van der Waals surface area contributed by atoms with Crippen molar-refractivity contribution in [1.29, 1.82) is 0 Å². The molecule has 1 heterocycles. The van der Waals surface area contributed by atoms with Crippen molar-refractivity contribution in [3.63, 3.8) is 0 Å². The Hall–Kier alpha value is -2.13. The smallest absolute Gasteiger partial charge is 0.224 e. The molecule has 2 atom stereocenters. The molecule has 2 aromatic rings. The second-order valence-electron chi connectivity index (χ2n) is 8.26. The van der Waals surface area contributed by atoms with Crippen LogP contribution in [0.3, 0.4) is 0 Å². The topological polar surface area (TPSA) is 68.8 Å². The monoisotopic (exact) mass is 549 g/mol. The Morgan fingerprint density at radius 3 is 2.47 bits per heavy atom. The van der Waals surface area contributed by atoms with E-state index in [1.807, 2.05) is 38.2 Å². The Bertz CT molecular complexity index is 856. The van der Waals surface area contributed by atoms with Crippen LogP contribution in [0.1, 0.15) is 44.2 Å². The van der Waals surface area contributed by atoms with Gasteiger partial charge in [0.15, 0.2) is 5.96 Å². The normalized spacial score (nSPS) is 18.7. The quantitative estimate of drug-likeness (QED) is 0.260. The highest BCUT2D eigenvalue weighted by molar-refractivity contribution is 14.0. The lowest BCUT2D eigenvalue weighted by Crippen LogP contribution is -2.44. The first-order valence-electron chi connectivity index (χ1n) is 11.2. The van der Waals surface area contributed by atoms with Crippen molar-refractivity contribution in [2.45, 2.75) is 58.3 Å². The van der Waals surface area contributed by atoms with Gasteiger partial charge >= 0.3 is 0 Å². The van der Waals surface area contributed by atoms with Gasteiger partial charge in [-0.3, -0.25) is 14.7 Å². The summed E-state index contributed by atoms with van der Waals surface area (Å²) < 4.78 is 0. The van der Waals surface area contributed by atoms with E-state index in [0.29, 0.717) is 25.0 Å². The van der Waals surface area contributed by atoms with E-state index in [2.05, 4.69) is 63.1 Å². The van der Waals surface area contributed by atoms with Gasteiger partial charge in [0.2, 0.25) is 5.91 Å². The summed E-state index contributed by atoms with van der Waals surface area (Å²) in [4.78, 5) is 18.6. The minimum Gasteiger partial charge on any atom is -0.352 e. The predicted molar refractivity (Wildman–Crippen MR) is 143 cm³/mol. The molecule has 1 aliphatic rings. The van der Waals surface area contributed by atoms with Crippen molar-refractivity contribution < 1.29 is 4.79 Å². The molecule has 1 aliphatic heterocycles. The molecule has 3 rings (SSSR count). The number of aliphatic imine (C=N–C) groups is 1. The average molecular weight is 550 g/mol. The van der Waals surface area contributed by atoms with Crippen LogP contribution in [0.2, 0.25) is 0 Å². The summed E-state index contributed by atoms with van der Waals surface area (Å²) in [5, 5.41) is 9.90. The molecule has 0 spiro atoms. The fourth-order valence-electron chi connectivity index (χ4n) is 3.97. The van der Waals surface area contributed by atoms with Gasteiger partial charge in [-0.25, -0.2) is 0 Å². The molecule has 0 aromatic heterocycles. The van der Waals surface area contributed by atoms with E-state index >= 15 is 0 Å². The van der Waals surface area contributed by atoms with E-state index in [-0.39, 0.29) is 29.9 Å². The van der Waals surface area contributed by atoms with Crippen molar-refractivity contribution in [1.82, 2.24) is 15.5 Å². The van der Waals surface area contributed by atoms with Crippen molar-refractivity contribution in [2.75, 3.05) is 18.9 Å².